The molecule has 1 heterocycles. The predicted octanol–water partition coefficient (Wildman–Crippen LogP) is 3.86. The number of hydrogen-bond donors (Lipinski definition) is 1. The molecule has 22 heavy (non-hydrogen) atoms. The highest BCUT2D eigenvalue weighted by atomic mass is 32.1. The molecule has 0 saturated heterocycles. The van der Waals surface area contributed by atoms with E-state index in [0.29, 0.717) is 12.2 Å². The Morgan fingerprint density at radius 1 is 1.23 bits per heavy atom. The number of ether oxygens (including phenoxy) is 1. The van der Waals surface area contributed by atoms with Gasteiger partial charge in [-0.1, -0.05) is 13.8 Å². The maximum atomic E-state index is 12.0. The normalized spacial score (nSPS) is 10.8. The maximum absolute atomic E-state index is 12.0. The first kappa shape index (κ1) is 16.2. The van der Waals surface area contributed by atoms with Crippen LogP contribution < -0.4 is 10.2 Å². The van der Waals surface area contributed by atoms with Gasteiger partial charge in [-0.2, -0.15) is 5.10 Å². The van der Waals surface area contributed by atoms with Gasteiger partial charge < -0.3 is 4.74 Å². The third-order valence-corrected chi connectivity index (χ3v) is 4.14. The molecule has 1 N–H and O–H groups in total. The molecule has 2 rings (SSSR count). The van der Waals surface area contributed by atoms with Crippen LogP contribution in [0.25, 0.3) is 0 Å². The molecule has 0 bridgehead atoms. The lowest BCUT2D eigenvalue weighted by Gasteiger charge is -2.05. The van der Waals surface area contributed by atoms with Gasteiger partial charge in [0.2, 0.25) is 0 Å². The summed E-state index contributed by atoms with van der Waals surface area (Å²) < 4.78 is 5.48. The molecule has 0 aliphatic rings. The van der Waals surface area contributed by atoms with Crippen molar-refractivity contribution in [2.24, 2.45) is 5.10 Å². The lowest BCUT2D eigenvalue weighted by Crippen LogP contribution is -2.17. The quantitative estimate of drug-likeness (QED) is 0.623. The smallest absolute Gasteiger partial charge is 0.271 e. The molecule has 0 atom stereocenters. The van der Waals surface area contributed by atoms with Gasteiger partial charge in [0.05, 0.1) is 12.8 Å². The van der Waals surface area contributed by atoms with Crippen molar-refractivity contribution in [3.05, 3.63) is 51.7 Å². The fraction of sp³-hybridized carbons (Fsp3) is 0.294. The molecule has 1 aromatic carbocycles. The fourth-order valence-corrected chi connectivity index (χ4v) is 2.62. The topological polar surface area (TPSA) is 50.7 Å². The van der Waals surface area contributed by atoms with E-state index in [9.17, 15) is 4.79 Å². The lowest BCUT2D eigenvalue weighted by molar-refractivity contribution is 0.0955. The van der Waals surface area contributed by atoms with Crippen molar-refractivity contribution in [1.29, 1.82) is 0 Å². The monoisotopic (exact) mass is 316 g/mol. The SMILES string of the molecule is CCCOc1ccc(C(=O)NN=Cc2ccc(CC)s2)cc1. The summed E-state index contributed by atoms with van der Waals surface area (Å²) in [5.41, 5.74) is 3.09. The Hall–Kier alpha value is -2.14. The molecule has 0 spiro atoms. The second-order valence-corrected chi connectivity index (χ2v) is 5.93. The number of aryl methyl sites for hydroxylation is 1. The number of carbonyl (C=O) groups excluding carboxylic acids is 1. The van der Waals surface area contributed by atoms with Crippen LogP contribution in [0.15, 0.2) is 41.5 Å². The molecule has 5 heteroatoms. The van der Waals surface area contributed by atoms with E-state index in [1.54, 1.807) is 41.8 Å². The number of rotatable bonds is 7. The van der Waals surface area contributed by atoms with Gasteiger partial charge in [-0.05, 0) is 49.2 Å². The van der Waals surface area contributed by atoms with E-state index in [0.717, 1.165) is 23.5 Å². The van der Waals surface area contributed by atoms with Crippen molar-refractivity contribution in [1.82, 2.24) is 5.43 Å². The van der Waals surface area contributed by atoms with E-state index in [4.69, 9.17) is 4.74 Å². The Balaban J connectivity index is 1.88. The molecule has 116 valence electrons. The van der Waals surface area contributed by atoms with E-state index in [1.807, 2.05) is 6.07 Å². The van der Waals surface area contributed by atoms with Gasteiger partial charge >= 0.3 is 0 Å². The minimum Gasteiger partial charge on any atom is -0.494 e. The summed E-state index contributed by atoms with van der Waals surface area (Å²) in [7, 11) is 0. The average molecular weight is 316 g/mol. The standard InChI is InChI=1S/C17H20N2O2S/c1-3-11-21-14-7-5-13(6-8-14)17(20)19-18-12-16-10-9-15(4-2)22-16/h5-10,12H,3-4,11H2,1-2H3,(H,19,20). The highest BCUT2D eigenvalue weighted by Gasteiger charge is 2.04. The summed E-state index contributed by atoms with van der Waals surface area (Å²) in [5.74, 6) is 0.540. The van der Waals surface area contributed by atoms with Crippen molar-refractivity contribution >= 4 is 23.5 Å². The molecule has 0 unspecified atom stereocenters. The fourth-order valence-electron chi connectivity index (χ4n) is 1.80. The van der Waals surface area contributed by atoms with Crippen LogP contribution in [0.3, 0.4) is 0 Å². The Bertz CT molecular complexity index is 632. The first-order chi connectivity index (χ1) is 10.7. The molecule has 2 aromatic rings. The summed E-state index contributed by atoms with van der Waals surface area (Å²) in [5, 5.41) is 3.99. The highest BCUT2D eigenvalue weighted by Crippen LogP contribution is 2.15. The van der Waals surface area contributed by atoms with Crippen LogP contribution in [-0.4, -0.2) is 18.7 Å². The van der Waals surface area contributed by atoms with Gasteiger partial charge in [-0.3, -0.25) is 4.79 Å². The zero-order valence-electron chi connectivity index (χ0n) is 12.8. The number of hydrazone groups is 1. The number of amides is 1. The molecule has 0 radical (unpaired) electrons. The number of carbonyl (C=O) groups is 1. The first-order valence-electron chi connectivity index (χ1n) is 7.38. The maximum Gasteiger partial charge on any atom is 0.271 e. The van der Waals surface area contributed by atoms with Crippen molar-refractivity contribution in [2.75, 3.05) is 6.61 Å². The second kappa shape index (κ2) is 8.34. The number of thiophene rings is 1. The number of nitrogens with one attached hydrogen (secondary N) is 1. The van der Waals surface area contributed by atoms with Crippen LogP contribution in [0.1, 0.15) is 40.4 Å². The van der Waals surface area contributed by atoms with Crippen molar-refractivity contribution in [2.45, 2.75) is 26.7 Å². The van der Waals surface area contributed by atoms with Gasteiger partial charge in [0.25, 0.3) is 5.91 Å². The number of nitrogens with zero attached hydrogens (tertiary/aromatic N) is 1. The zero-order valence-corrected chi connectivity index (χ0v) is 13.7. The van der Waals surface area contributed by atoms with Crippen LogP contribution in [0, 0.1) is 0 Å². The lowest BCUT2D eigenvalue weighted by atomic mass is 10.2. The summed E-state index contributed by atoms with van der Waals surface area (Å²) in [6, 6.07) is 11.1. The largest absolute Gasteiger partial charge is 0.494 e. The zero-order chi connectivity index (χ0) is 15.8. The van der Waals surface area contributed by atoms with Gasteiger partial charge in [0.15, 0.2) is 0 Å². The Morgan fingerprint density at radius 3 is 2.64 bits per heavy atom. The van der Waals surface area contributed by atoms with Crippen LogP contribution >= 0.6 is 11.3 Å². The molecule has 1 aromatic heterocycles. The third kappa shape index (κ3) is 4.70. The Morgan fingerprint density at radius 2 is 2.00 bits per heavy atom. The molecule has 1 amide bonds. The van der Waals surface area contributed by atoms with Crippen LogP contribution in [-0.2, 0) is 6.42 Å². The van der Waals surface area contributed by atoms with Gasteiger partial charge in [0.1, 0.15) is 5.75 Å². The molecule has 4 nitrogen and oxygen atoms in total. The molecular weight excluding hydrogens is 296 g/mol. The molecule has 0 fully saturated rings. The molecular formula is C17H20N2O2S. The number of hydrogen-bond acceptors (Lipinski definition) is 4. The average Bonchev–Trinajstić information content (AvgIpc) is 3.01. The Kier molecular flexibility index (Phi) is 6.15. The van der Waals surface area contributed by atoms with E-state index in [1.165, 1.54) is 4.88 Å². The van der Waals surface area contributed by atoms with E-state index >= 15 is 0 Å². The van der Waals surface area contributed by atoms with Gasteiger partial charge in [-0.25, -0.2) is 5.43 Å². The number of benzene rings is 1. The Labute approximate surface area is 134 Å². The summed E-state index contributed by atoms with van der Waals surface area (Å²) in [6.45, 7) is 4.84. The van der Waals surface area contributed by atoms with E-state index < -0.39 is 0 Å². The summed E-state index contributed by atoms with van der Waals surface area (Å²) >= 11 is 1.67. The summed E-state index contributed by atoms with van der Waals surface area (Å²) in [4.78, 5) is 14.3. The third-order valence-electron chi connectivity index (χ3n) is 2.98. The highest BCUT2D eigenvalue weighted by molar-refractivity contribution is 7.13. The second-order valence-electron chi connectivity index (χ2n) is 4.73. The van der Waals surface area contributed by atoms with Gasteiger partial charge in [0, 0.05) is 15.3 Å². The molecule has 0 aliphatic heterocycles. The van der Waals surface area contributed by atoms with E-state index in [2.05, 4.69) is 30.4 Å². The molecule has 0 saturated carbocycles. The predicted molar refractivity (Wildman–Crippen MR) is 91.0 cm³/mol. The van der Waals surface area contributed by atoms with Crippen molar-refractivity contribution < 1.29 is 9.53 Å². The minimum atomic E-state index is -0.231. The van der Waals surface area contributed by atoms with Crippen molar-refractivity contribution in [3.8, 4) is 5.75 Å². The minimum absolute atomic E-state index is 0.231. The van der Waals surface area contributed by atoms with Crippen LogP contribution in [0.4, 0.5) is 0 Å². The van der Waals surface area contributed by atoms with Crippen LogP contribution in [0.5, 0.6) is 5.75 Å². The van der Waals surface area contributed by atoms with Crippen molar-refractivity contribution in [3.63, 3.8) is 0 Å². The van der Waals surface area contributed by atoms with E-state index in [-0.39, 0.29) is 5.91 Å². The summed E-state index contributed by atoms with van der Waals surface area (Å²) in [6.07, 6.45) is 3.64. The molecule has 0 aliphatic carbocycles. The van der Waals surface area contributed by atoms with Gasteiger partial charge in [-0.15, -0.1) is 11.3 Å². The first-order valence-corrected chi connectivity index (χ1v) is 8.19. The van der Waals surface area contributed by atoms with Crippen LogP contribution in [0.2, 0.25) is 0 Å².